The lowest BCUT2D eigenvalue weighted by molar-refractivity contribution is -0.121. The topological polar surface area (TPSA) is 91.4 Å². The van der Waals surface area contributed by atoms with Crippen molar-refractivity contribution in [1.82, 2.24) is 14.6 Å². The summed E-state index contributed by atoms with van der Waals surface area (Å²) < 4.78 is 29.3. The summed E-state index contributed by atoms with van der Waals surface area (Å²) in [6, 6.07) is 11.1. The highest BCUT2D eigenvalue weighted by molar-refractivity contribution is 7.89. The molecule has 1 aliphatic carbocycles. The Balaban J connectivity index is 1.38. The van der Waals surface area contributed by atoms with E-state index in [1.165, 1.54) is 4.31 Å². The molecule has 204 valence electrons. The Kier molecular flexibility index (Phi) is 9.28. The van der Waals surface area contributed by atoms with Gasteiger partial charge < -0.3 is 10.6 Å². The van der Waals surface area contributed by atoms with Gasteiger partial charge in [0, 0.05) is 41.4 Å². The smallest absolute Gasteiger partial charge is 0.244 e. The van der Waals surface area contributed by atoms with Gasteiger partial charge in [-0.3, -0.25) is 9.78 Å². The first kappa shape index (κ1) is 28.3. The fourth-order valence-electron chi connectivity index (χ4n) is 5.48. The van der Waals surface area contributed by atoms with Crippen LogP contribution in [-0.4, -0.2) is 49.3 Å². The van der Waals surface area contributed by atoms with Crippen LogP contribution in [0.25, 0.3) is 10.9 Å². The zero-order chi connectivity index (χ0) is 27.3. The van der Waals surface area contributed by atoms with Crippen molar-refractivity contribution in [2.45, 2.75) is 70.2 Å². The molecule has 1 heterocycles. The van der Waals surface area contributed by atoms with E-state index >= 15 is 0 Å². The number of pyridine rings is 1. The van der Waals surface area contributed by atoms with E-state index in [4.69, 9.17) is 11.6 Å². The van der Waals surface area contributed by atoms with E-state index in [2.05, 4.69) is 15.6 Å². The maximum absolute atomic E-state index is 13.9. The molecule has 0 radical (unpaired) electrons. The average molecular weight is 557 g/mol. The minimum absolute atomic E-state index is 0.158. The number of sulfonamides is 1. The van der Waals surface area contributed by atoms with Crippen LogP contribution in [0.1, 0.15) is 55.2 Å². The van der Waals surface area contributed by atoms with Crippen LogP contribution in [-0.2, 0) is 14.8 Å². The summed E-state index contributed by atoms with van der Waals surface area (Å²) in [6.45, 7) is 6.56. The number of rotatable bonds is 10. The molecule has 9 heteroatoms. The van der Waals surface area contributed by atoms with Gasteiger partial charge in [0.15, 0.2) is 0 Å². The van der Waals surface area contributed by atoms with Gasteiger partial charge in [0.2, 0.25) is 15.9 Å². The Morgan fingerprint density at radius 3 is 2.45 bits per heavy atom. The van der Waals surface area contributed by atoms with Crippen LogP contribution in [0.2, 0.25) is 5.02 Å². The molecule has 0 bridgehead atoms. The number of fused-ring (bicyclic) bond motifs is 1. The lowest BCUT2D eigenvalue weighted by atomic mass is 9.95. The number of aromatic nitrogens is 1. The van der Waals surface area contributed by atoms with Crippen molar-refractivity contribution in [2.24, 2.45) is 0 Å². The standard InChI is InChI=1S/C29H37ClN4O3S/c1-20-16-21(2)29(22(3)17-20)38(36,37)34(24-8-5-4-6-9-24)19-28(35)33-14-7-13-31-26-12-15-32-27-18-23(30)10-11-25(26)27/h10-12,15-18,24H,4-9,13-14,19H2,1-3H3,(H,31,32)(H,33,35). The monoisotopic (exact) mass is 556 g/mol. The average Bonchev–Trinajstić information content (AvgIpc) is 2.86. The Labute approximate surface area is 231 Å². The molecule has 38 heavy (non-hydrogen) atoms. The second kappa shape index (κ2) is 12.5. The minimum atomic E-state index is -3.82. The van der Waals surface area contributed by atoms with Gasteiger partial charge in [0.1, 0.15) is 0 Å². The highest BCUT2D eigenvalue weighted by Crippen LogP contribution is 2.31. The Hall–Kier alpha value is -2.68. The number of hydrogen-bond donors (Lipinski definition) is 2. The molecule has 0 atom stereocenters. The predicted octanol–water partition coefficient (Wildman–Crippen LogP) is 5.76. The molecule has 0 aliphatic heterocycles. The molecule has 1 aliphatic rings. The second-order valence-corrected chi connectivity index (χ2v) is 12.5. The van der Waals surface area contributed by atoms with Crippen molar-refractivity contribution in [3.05, 3.63) is 64.3 Å². The van der Waals surface area contributed by atoms with Gasteiger partial charge in [0.25, 0.3) is 0 Å². The van der Waals surface area contributed by atoms with E-state index in [1.54, 1.807) is 6.20 Å². The zero-order valence-electron chi connectivity index (χ0n) is 22.4. The molecular formula is C29H37ClN4O3S. The molecule has 1 saturated carbocycles. The molecule has 2 N–H and O–H groups in total. The first-order valence-corrected chi connectivity index (χ1v) is 15.1. The number of nitrogens with one attached hydrogen (secondary N) is 2. The van der Waals surface area contributed by atoms with E-state index < -0.39 is 10.0 Å². The molecule has 1 fully saturated rings. The second-order valence-electron chi connectivity index (χ2n) is 10.2. The van der Waals surface area contributed by atoms with Crippen molar-refractivity contribution in [1.29, 1.82) is 0 Å². The lowest BCUT2D eigenvalue weighted by Crippen LogP contribution is -2.47. The number of anilines is 1. The number of benzene rings is 2. The molecule has 2 aromatic carbocycles. The third kappa shape index (κ3) is 6.65. The Morgan fingerprint density at radius 2 is 1.74 bits per heavy atom. The number of halogens is 1. The van der Waals surface area contributed by atoms with Gasteiger partial charge in [-0.15, -0.1) is 0 Å². The summed E-state index contributed by atoms with van der Waals surface area (Å²) in [7, 11) is -3.82. The summed E-state index contributed by atoms with van der Waals surface area (Å²) in [6.07, 6.45) is 7.05. The Bertz CT molecular complexity index is 1380. The molecule has 1 amide bonds. The number of carbonyl (C=O) groups is 1. The Morgan fingerprint density at radius 1 is 1.03 bits per heavy atom. The largest absolute Gasteiger partial charge is 0.384 e. The van der Waals surface area contributed by atoms with Gasteiger partial charge >= 0.3 is 0 Å². The first-order valence-electron chi connectivity index (χ1n) is 13.3. The van der Waals surface area contributed by atoms with Gasteiger partial charge in [0.05, 0.1) is 17.0 Å². The van der Waals surface area contributed by atoms with Crippen LogP contribution >= 0.6 is 11.6 Å². The first-order chi connectivity index (χ1) is 18.2. The maximum atomic E-state index is 13.9. The predicted molar refractivity (Wildman–Crippen MR) is 154 cm³/mol. The van der Waals surface area contributed by atoms with Gasteiger partial charge in [-0.2, -0.15) is 4.31 Å². The summed E-state index contributed by atoms with van der Waals surface area (Å²) in [5, 5.41) is 7.95. The molecule has 3 aromatic rings. The van der Waals surface area contributed by atoms with Crippen LogP contribution < -0.4 is 10.6 Å². The number of amides is 1. The highest BCUT2D eigenvalue weighted by atomic mass is 35.5. The molecule has 0 spiro atoms. The number of hydrogen-bond acceptors (Lipinski definition) is 5. The summed E-state index contributed by atoms with van der Waals surface area (Å²) >= 11 is 6.07. The summed E-state index contributed by atoms with van der Waals surface area (Å²) in [4.78, 5) is 17.7. The van der Waals surface area contributed by atoms with E-state index in [9.17, 15) is 13.2 Å². The summed E-state index contributed by atoms with van der Waals surface area (Å²) in [5.74, 6) is -0.273. The quantitative estimate of drug-likeness (QED) is 0.310. The third-order valence-corrected chi connectivity index (χ3v) is 9.59. The summed E-state index contributed by atoms with van der Waals surface area (Å²) in [5.41, 5.74) is 4.25. The third-order valence-electron chi connectivity index (χ3n) is 7.15. The van der Waals surface area contributed by atoms with Gasteiger partial charge in [-0.05, 0) is 75.4 Å². The SMILES string of the molecule is Cc1cc(C)c(S(=O)(=O)N(CC(=O)NCCCNc2ccnc3cc(Cl)ccc23)C2CCCCC2)c(C)c1. The fourth-order valence-corrected chi connectivity index (χ4v) is 7.71. The van der Waals surface area contributed by atoms with Crippen LogP contribution in [0.15, 0.2) is 47.5 Å². The lowest BCUT2D eigenvalue weighted by Gasteiger charge is -2.33. The normalized spacial score (nSPS) is 14.7. The van der Waals surface area contributed by atoms with E-state index in [1.807, 2.05) is 57.2 Å². The van der Waals surface area contributed by atoms with Crippen LogP contribution in [0.3, 0.4) is 0 Å². The van der Waals surface area contributed by atoms with Gasteiger partial charge in [-0.1, -0.05) is 48.6 Å². The van der Waals surface area contributed by atoms with Crippen molar-refractivity contribution >= 4 is 44.1 Å². The van der Waals surface area contributed by atoms with Crippen LogP contribution in [0, 0.1) is 20.8 Å². The van der Waals surface area contributed by atoms with Crippen LogP contribution in [0.5, 0.6) is 0 Å². The van der Waals surface area contributed by atoms with E-state index in [0.717, 1.165) is 65.4 Å². The highest BCUT2D eigenvalue weighted by Gasteiger charge is 2.35. The molecule has 7 nitrogen and oxygen atoms in total. The number of carbonyl (C=O) groups excluding carboxylic acids is 1. The molecule has 4 rings (SSSR count). The zero-order valence-corrected chi connectivity index (χ0v) is 24.0. The number of nitrogens with zero attached hydrogens (tertiary/aromatic N) is 2. The molecule has 0 unspecified atom stereocenters. The van der Waals surface area contributed by atoms with Crippen molar-refractivity contribution < 1.29 is 13.2 Å². The van der Waals surface area contributed by atoms with Gasteiger partial charge in [-0.25, -0.2) is 8.42 Å². The molecule has 1 aromatic heterocycles. The van der Waals surface area contributed by atoms with E-state index in [-0.39, 0.29) is 18.5 Å². The molecular weight excluding hydrogens is 520 g/mol. The van der Waals surface area contributed by atoms with E-state index in [0.29, 0.717) is 29.4 Å². The minimum Gasteiger partial charge on any atom is -0.384 e. The number of aryl methyl sites for hydroxylation is 3. The van der Waals surface area contributed by atoms with Crippen molar-refractivity contribution in [3.63, 3.8) is 0 Å². The molecule has 0 saturated heterocycles. The maximum Gasteiger partial charge on any atom is 0.244 e. The fraction of sp³-hybridized carbons (Fsp3) is 0.448. The van der Waals surface area contributed by atoms with Crippen molar-refractivity contribution in [3.8, 4) is 0 Å². The van der Waals surface area contributed by atoms with Crippen LogP contribution in [0.4, 0.5) is 5.69 Å². The van der Waals surface area contributed by atoms with Crippen molar-refractivity contribution in [2.75, 3.05) is 25.0 Å².